The molecule has 0 fully saturated rings. The van der Waals surface area contributed by atoms with E-state index >= 15 is 0 Å². The van der Waals surface area contributed by atoms with Gasteiger partial charge in [-0.1, -0.05) is 103 Å². The number of nitrogens with zero attached hydrogens (tertiary/aromatic N) is 1. The second-order valence-electron chi connectivity index (χ2n) is 10.7. The molecule has 4 rings (SSSR count). The fourth-order valence-electron chi connectivity index (χ4n) is 5.19. The van der Waals surface area contributed by atoms with E-state index in [4.69, 9.17) is 4.74 Å². The van der Waals surface area contributed by atoms with Crippen molar-refractivity contribution < 1.29 is 24.2 Å². The maximum Gasteiger partial charge on any atom is 0.309 e. The van der Waals surface area contributed by atoms with E-state index in [0.717, 1.165) is 16.7 Å². The molecular weight excluding hydrogens is 528 g/mol. The lowest BCUT2D eigenvalue weighted by atomic mass is 9.94. The Kier molecular flexibility index (Phi) is 11.9. The van der Waals surface area contributed by atoms with Crippen molar-refractivity contribution >= 4 is 17.8 Å². The maximum absolute atomic E-state index is 13.5. The van der Waals surface area contributed by atoms with E-state index in [0.29, 0.717) is 32.2 Å². The topological polar surface area (TPSA) is 95.9 Å². The number of esters is 1. The van der Waals surface area contributed by atoms with Gasteiger partial charge >= 0.3 is 5.97 Å². The highest BCUT2D eigenvalue weighted by Gasteiger charge is 2.28. The summed E-state index contributed by atoms with van der Waals surface area (Å²) < 4.78 is 6.06. The second-order valence-corrected chi connectivity index (χ2v) is 10.7. The average Bonchev–Trinajstić information content (AvgIpc) is 3.03. The lowest BCUT2D eigenvalue weighted by Crippen LogP contribution is -2.39. The van der Waals surface area contributed by atoms with E-state index in [1.807, 2.05) is 103 Å². The number of amides is 2. The molecule has 42 heavy (non-hydrogen) atoms. The van der Waals surface area contributed by atoms with Crippen LogP contribution in [-0.4, -0.2) is 47.5 Å². The van der Waals surface area contributed by atoms with Gasteiger partial charge in [0.15, 0.2) is 0 Å². The van der Waals surface area contributed by atoms with Crippen LogP contribution in [-0.2, 0) is 32.1 Å². The molecule has 0 aromatic heterocycles. The summed E-state index contributed by atoms with van der Waals surface area (Å²) in [6.07, 6.45) is 5.49. The zero-order valence-corrected chi connectivity index (χ0v) is 23.9. The number of cyclic esters (lactones) is 1. The molecule has 0 unspecified atom stereocenters. The van der Waals surface area contributed by atoms with Crippen LogP contribution in [0, 0.1) is 11.8 Å². The Morgan fingerprint density at radius 1 is 0.857 bits per heavy atom. The Bertz CT molecular complexity index is 1300. The van der Waals surface area contributed by atoms with E-state index in [1.54, 1.807) is 4.90 Å². The van der Waals surface area contributed by atoms with Crippen LogP contribution >= 0.6 is 0 Å². The van der Waals surface area contributed by atoms with Gasteiger partial charge in [0.2, 0.25) is 11.8 Å². The van der Waals surface area contributed by atoms with Crippen molar-refractivity contribution in [2.75, 3.05) is 19.7 Å². The number of ether oxygens (including phenoxy) is 1. The molecule has 0 saturated heterocycles. The molecule has 7 heteroatoms. The summed E-state index contributed by atoms with van der Waals surface area (Å²) in [5.74, 6) is -1.68. The van der Waals surface area contributed by atoms with Gasteiger partial charge in [-0.25, -0.2) is 0 Å². The van der Waals surface area contributed by atoms with Gasteiger partial charge in [0.1, 0.15) is 6.10 Å². The van der Waals surface area contributed by atoms with Crippen molar-refractivity contribution in [3.05, 3.63) is 120 Å². The minimum Gasteiger partial charge on any atom is -0.455 e. The summed E-state index contributed by atoms with van der Waals surface area (Å²) in [6, 6.07) is 28.9. The Balaban J connectivity index is 1.52. The molecule has 1 heterocycles. The number of carbonyl (C=O) groups excluding carboxylic acids is 3. The van der Waals surface area contributed by atoms with Crippen LogP contribution in [0.4, 0.5) is 0 Å². The molecule has 0 spiro atoms. The second kappa shape index (κ2) is 16.3. The first kappa shape index (κ1) is 30.7. The van der Waals surface area contributed by atoms with Crippen LogP contribution in [0.15, 0.2) is 103 Å². The molecule has 1 aliphatic heterocycles. The monoisotopic (exact) mass is 568 g/mol. The standard InChI is InChI=1S/C35H40N2O5/c38-22-21-37(26-28-15-7-2-8-16-28)33(39)24-30-19-11-4-12-20-31(23-27-13-5-1-6-14-27)35(41)42-32(25-36-34(30)40)29-17-9-3-10-18-29/h1-11,13-18,30-32,38H,12,19-26H2,(H,36,40)/t30-,31-,32+/m1/s1. The molecule has 220 valence electrons. The number of rotatable bonds is 9. The number of nitrogens with one attached hydrogen (secondary N) is 1. The van der Waals surface area contributed by atoms with Gasteiger partial charge in [-0.3, -0.25) is 14.4 Å². The third-order valence-electron chi connectivity index (χ3n) is 7.55. The van der Waals surface area contributed by atoms with Gasteiger partial charge < -0.3 is 20.1 Å². The number of carbonyl (C=O) groups is 3. The van der Waals surface area contributed by atoms with Gasteiger partial charge in [-0.15, -0.1) is 0 Å². The van der Waals surface area contributed by atoms with Crippen LogP contribution in [0.25, 0.3) is 0 Å². The predicted octanol–water partition coefficient (Wildman–Crippen LogP) is 5.01. The Morgan fingerprint density at radius 3 is 2.17 bits per heavy atom. The van der Waals surface area contributed by atoms with Gasteiger partial charge in [0, 0.05) is 19.5 Å². The molecule has 3 atom stereocenters. The van der Waals surface area contributed by atoms with Crippen molar-refractivity contribution in [3.63, 3.8) is 0 Å². The van der Waals surface area contributed by atoms with Gasteiger partial charge in [-0.05, 0) is 42.4 Å². The summed E-state index contributed by atoms with van der Waals surface area (Å²) in [7, 11) is 0. The molecule has 1 aliphatic rings. The fraction of sp³-hybridized carbons (Fsp3) is 0.343. The number of allylic oxidation sites excluding steroid dienone is 2. The first-order valence-electron chi connectivity index (χ1n) is 14.7. The third-order valence-corrected chi connectivity index (χ3v) is 7.55. The summed E-state index contributed by atoms with van der Waals surface area (Å²) in [4.78, 5) is 41.9. The third kappa shape index (κ3) is 9.42. The molecule has 3 aromatic carbocycles. The molecule has 0 radical (unpaired) electrons. The largest absolute Gasteiger partial charge is 0.455 e. The molecule has 7 nitrogen and oxygen atoms in total. The van der Waals surface area contributed by atoms with Crippen molar-refractivity contribution in [2.24, 2.45) is 11.8 Å². The lowest BCUT2D eigenvalue weighted by molar-refractivity contribution is -0.155. The van der Waals surface area contributed by atoms with Gasteiger partial charge in [0.25, 0.3) is 0 Å². The van der Waals surface area contributed by atoms with Crippen molar-refractivity contribution in [1.29, 1.82) is 0 Å². The Morgan fingerprint density at radius 2 is 1.50 bits per heavy atom. The first-order valence-corrected chi connectivity index (χ1v) is 14.7. The van der Waals surface area contributed by atoms with E-state index in [1.165, 1.54) is 0 Å². The highest BCUT2D eigenvalue weighted by Crippen LogP contribution is 2.24. The summed E-state index contributed by atoms with van der Waals surface area (Å²) in [5, 5.41) is 12.6. The minimum absolute atomic E-state index is 0.00936. The van der Waals surface area contributed by atoms with Gasteiger partial charge in [-0.2, -0.15) is 0 Å². The molecule has 0 saturated carbocycles. The Hall–Kier alpha value is -4.23. The predicted molar refractivity (Wildman–Crippen MR) is 162 cm³/mol. The molecule has 0 bridgehead atoms. The molecular formula is C35H40N2O5. The maximum atomic E-state index is 13.5. The van der Waals surface area contributed by atoms with E-state index < -0.39 is 12.0 Å². The average molecular weight is 569 g/mol. The van der Waals surface area contributed by atoms with Crippen molar-refractivity contribution in [3.8, 4) is 0 Å². The number of aliphatic hydroxyl groups excluding tert-OH is 1. The minimum atomic E-state index is -0.657. The van der Waals surface area contributed by atoms with Crippen LogP contribution in [0.2, 0.25) is 0 Å². The number of benzene rings is 3. The number of aliphatic hydroxyl groups is 1. The molecule has 2 amide bonds. The zero-order chi connectivity index (χ0) is 29.6. The summed E-state index contributed by atoms with van der Waals surface area (Å²) in [6.45, 7) is 0.487. The SMILES string of the molecule is O=C1NC[C@@H](c2ccccc2)OC(=O)[C@@H](Cc2ccccc2)CCC=CC[C@@H]1CC(=O)N(CCO)Cc1ccccc1. The van der Waals surface area contributed by atoms with Crippen LogP contribution in [0.1, 0.15) is 48.5 Å². The van der Waals surface area contributed by atoms with Crippen molar-refractivity contribution in [2.45, 2.75) is 44.8 Å². The highest BCUT2D eigenvalue weighted by atomic mass is 16.5. The lowest BCUT2D eigenvalue weighted by Gasteiger charge is -2.25. The number of hydrogen-bond donors (Lipinski definition) is 2. The highest BCUT2D eigenvalue weighted by molar-refractivity contribution is 5.86. The van der Waals surface area contributed by atoms with Crippen molar-refractivity contribution in [1.82, 2.24) is 10.2 Å². The van der Waals surface area contributed by atoms with Crippen LogP contribution < -0.4 is 5.32 Å². The molecule has 0 aliphatic carbocycles. The smallest absolute Gasteiger partial charge is 0.309 e. The first-order chi connectivity index (χ1) is 20.5. The van der Waals surface area contributed by atoms with Gasteiger partial charge in [0.05, 0.1) is 25.0 Å². The van der Waals surface area contributed by atoms with E-state index in [2.05, 4.69) is 5.32 Å². The fourth-order valence-corrected chi connectivity index (χ4v) is 5.19. The quantitative estimate of drug-likeness (QED) is 0.279. The summed E-state index contributed by atoms with van der Waals surface area (Å²) in [5.41, 5.74) is 2.82. The molecule has 2 N–H and O–H groups in total. The van der Waals surface area contributed by atoms with E-state index in [9.17, 15) is 19.5 Å². The normalized spacial score (nSPS) is 19.9. The number of hydrogen-bond acceptors (Lipinski definition) is 5. The molecule has 3 aromatic rings. The van der Waals surface area contributed by atoms with E-state index in [-0.39, 0.29) is 49.8 Å². The van der Waals surface area contributed by atoms with Crippen LogP contribution in [0.3, 0.4) is 0 Å². The van der Waals surface area contributed by atoms with Crippen LogP contribution in [0.5, 0.6) is 0 Å². The zero-order valence-electron chi connectivity index (χ0n) is 23.9. The summed E-state index contributed by atoms with van der Waals surface area (Å²) >= 11 is 0. The Labute approximate surface area is 248 Å².